The van der Waals surface area contributed by atoms with Gasteiger partial charge in [-0.1, -0.05) is 17.7 Å². The molecule has 0 radical (unpaired) electrons. The molecule has 1 saturated heterocycles. The van der Waals surface area contributed by atoms with Crippen LogP contribution >= 0.6 is 11.6 Å². The predicted octanol–water partition coefficient (Wildman–Crippen LogP) is 2.94. The summed E-state index contributed by atoms with van der Waals surface area (Å²) in [6, 6.07) is 4.10. The summed E-state index contributed by atoms with van der Waals surface area (Å²) in [4.78, 5) is 12.2. The van der Waals surface area contributed by atoms with Gasteiger partial charge >= 0.3 is 0 Å². The van der Waals surface area contributed by atoms with Crippen molar-refractivity contribution in [2.45, 2.75) is 44.9 Å². The van der Waals surface area contributed by atoms with Crippen LogP contribution in [0.1, 0.15) is 39.2 Å². The molecule has 1 N–H and O–H groups in total. The highest BCUT2D eigenvalue weighted by Gasteiger charge is 2.33. The van der Waals surface area contributed by atoms with Gasteiger partial charge in [-0.15, -0.1) is 0 Å². The number of sulfonamides is 1. The van der Waals surface area contributed by atoms with Gasteiger partial charge in [0.25, 0.3) is 0 Å². The van der Waals surface area contributed by atoms with Crippen LogP contribution in [-0.4, -0.2) is 37.3 Å². The third kappa shape index (κ3) is 5.39. The summed E-state index contributed by atoms with van der Waals surface area (Å²) in [5.41, 5.74) is -0.334. The zero-order valence-electron chi connectivity index (χ0n) is 14.7. The van der Waals surface area contributed by atoms with E-state index in [9.17, 15) is 17.6 Å². The Morgan fingerprint density at radius 3 is 2.44 bits per heavy atom. The SMILES string of the molecule is CC(C)(C)NC(=O)C1CCN(S(=O)(=O)Cc2c(F)cccc2Cl)CC1. The number of hydrogen-bond acceptors (Lipinski definition) is 3. The van der Waals surface area contributed by atoms with E-state index in [0.717, 1.165) is 0 Å². The van der Waals surface area contributed by atoms with Gasteiger partial charge in [-0.05, 0) is 45.7 Å². The summed E-state index contributed by atoms with van der Waals surface area (Å²) in [6.45, 7) is 6.21. The molecule has 1 fully saturated rings. The number of rotatable bonds is 4. The van der Waals surface area contributed by atoms with Crippen LogP contribution < -0.4 is 5.32 Å². The van der Waals surface area contributed by atoms with Crippen molar-refractivity contribution in [2.24, 2.45) is 5.92 Å². The second-order valence-electron chi connectivity index (χ2n) is 7.37. The lowest BCUT2D eigenvalue weighted by atomic mass is 9.96. The van der Waals surface area contributed by atoms with Crippen molar-refractivity contribution in [3.63, 3.8) is 0 Å². The molecular formula is C17H24ClFN2O3S. The molecular weight excluding hydrogens is 367 g/mol. The van der Waals surface area contributed by atoms with E-state index in [1.54, 1.807) is 0 Å². The number of carbonyl (C=O) groups is 1. The first kappa shape index (κ1) is 20.1. The predicted molar refractivity (Wildman–Crippen MR) is 96.2 cm³/mol. The number of hydrogen-bond donors (Lipinski definition) is 1. The molecule has 0 spiro atoms. The Balaban J connectivity index is 2.01. The van der Waals surface area contributed by atoms with E-state index >= 15 is 0 Å². The fraction of sp³-hybridized carbons (Fsp3) is 0.588. The topological polar surface area (TPSA) is 66.5 Å². The number of amides is 1. The van der Waals surface area contributed by atoms with Crippen LogP contribution in [0.3, 0.4) is 0 Å². The van der Waals surface area contributed by atoms with Crippen molar-refractivity contribution < 1.29 is 17.6 Å². The average molecular weight is 391 g/mol. The van der Waals surface area contributed by atoms with Crippen LogP contribution in [0.2, 0.25) is 5.02 Å². The summed E-state index contributed by atoms with van der Waals surface area (Å²) in [5.74, 6) is -1.36. The number of benzene rings is 1. The largest absolute Gasteiger partial charge is 0.351 e. The van der Waals surface area contributed by atoms with Crippen molar-refractivity contribution in [1.29, 1.82) is 0 Å². The highest BCUT2D eigenvalue weighted by molar-refractivity contribution is 7.88. The lowest BCUT2D eigenvalue weighted by Gasteiger charge is -2.32. The molecule has 0 aromatic heterocycles. The lowest BCUT2D eigenvalue weighted by Crippen LogP contribution is -2.48. The van der Waals surface area contributed by atoms with Crippen molar-refractivity contribution in [1.82, 2.24) is 9.62 Å². The molecule has 8 heteroatoms. The van der Waals surface area contributed by atoms with Crippen molar-refractivity contribution in [2.75, 3.05) is 13.1 Å². The van der Waals surface area contributed by atoms with E-state index in [1.165, 1.54) is 22.5 Å². The van der Waals surface area contributed by atoms with Crippen LogP contribution in [0, 0.1) is 11.7 Å². The lowest BCUT2D eigenvalue weighted by molar-refractivity contribution is -0.127. The zero-order valence-corrected chi connectivity index (χ0v) is 16.3. The van der Waals surface area contributed by atoms with E-state index in [2.05, 4.69) is 5.32 Å². The number of nitrogens with one attached hydrogen (secondary N) is 1. The quantitative estimate of drug-likeness (QED) is 0.859. The van der Waals surface area contributed by atoms with Gasteiger partial charge in [-0.3, -0.25) is 4.79 Å². The Morgan fingerprint density at radius 2 is 1.92 bits per heavy atom. The van der Waals surface area contributed by atoms with E-state index in [-0.39, 0.29) is 41.0 Å². The first-order valence-electron chi connectivity index (χ1n) is 8.22. The second-order valence-corrected chi connectivity index (χ2v) is 9.75. The third-order valence-corrected chi connectivity index (χ3v) is 6.26. The molecule has 0 aliphatic carbocycles. The van der Waals surface area contributed by atoms with Crippen LogP contribution in [-0.2, 0) is 20.6 Å². The molecule has 2 rings (SSSR count). The van der Waals surface area contributed by atoms with E-state index < -0.39 is 21.6 Å². The molecule has 1 heterocycles. The van der Waals surface area contributed by atoms with Crippen LogP contribution in [0.4, 0.5) is 4.39 Å². The Hall–Kier alpha value is -1.18. The molecule has 1 aromatic rings. The Bertz CT molecular complexity index is 719. The first-order valence-corrected chi connectivity index (χ1v) is 10.2. The molecule has 0 bridgehead atoms. The summed E-state index contributed by atoms with van der Waals surface area (Å²) in [6.07, 6.45) is 0.901. The highest BCUT2D eigenvalue weighted by Crippen LogP contribution is 2.26. The summed E-state index contributed by atoms with van der Waals surface area (Å²) >= 11 is 5.92. The molecule has 1 aliphatic heterocycles. The summed E-state index contributed by atoms with van der Waals surface area (Å²) < 4.78 is 40.3. The zero-order chi connectivity index (χ0) is 18.8. The maximum absolute atomic E-state index is 13.9. The fourth-order valence-corrected chi connectivity index (χ4v) is 4.73. The van der Waals surface area contributed by atoms with Crippen LogP contribution in [0.5, 0.6) is 0 Å². The smallest absolute Gasteiger partial charge is 0.223 e. The molecule has 1 aromatic carbocycles. The second kappa shape index (κ2) is 7.60. The minimum Gasteiger partial charge on any atom is -0.351 e. The average Bonchev–Trinajstić information content (AvgIpc) is 2.49. The van der Waals surface area contributed by atoms with Gasteiger partial charge in [0.15, 0.2) is 0 Å². The minimum atomic E-state index is -3.69. The van der Waals surface area contributed by atoms with Crippen LogP contribution in [0.25, 0.3) is 0 Å². The summed E-state index contributed by atoms with van der Waals surface area (Å²) in [7, 11) is -3.69. The maximum Gasteiger partial charge on any atom is 0.223 e. The Labute approximate surface area is 153 Å². The molecule has 25 heavy (non-hydrogen) atoms. The standard InChI is InChI=1S/C17H24ClFN2O3S/c1-17(2,3)20-16(22)12-7-9-21(10-8-12)25(23,24)11-13-14(18)5-4-6-15(13)19/h4-6,12H,7-11H2,1-3H3,(H,20,22). The molecule has 1 aliphatic rings. The molecule has 5 nitrogen and oxygen atoms in total. The third-order valence-electron chi connectivity index (χ3n) is 4.10. The molecule has 0 saturated carbocycles. The minimum absolute atomic E-state index is 0.0169. The summed E-state index contributed by atoms with van der Waals surface area (Å²) in [5, 5.41) is 3.02. The number of halogens is 2. The number of piperidine rings is 1. The fourth-order valence-electron chi connectivity index (χ4n) is 2.81. The molecule has 1 amide bonds. The van der Waals surface area contributed by atoms with Crippen molar-refractivity contribution in [3.05, 3.63) is 34.6 Å². The van der Waals surface area contributed by atoms with Crippen molar-refractivity contribution in [3.8, 4) is 0 Å². The number of nitrogens with zero attached hydrogens (tertiary/aromatic N) is 1. The highest BCUT2D eigenvalue weighted by atomic mass is 35.5. The Morgan fingerprint density at radius 1 is 1.32 bits per heavy atom. The molecule has 0 unspecified atom stereocenters. The van der Waals surface area contributed by atoms with Gasteiger partial charge in [-0.25, -0.2) is 17.1 Å². The van der Waals surface area contributed by atoms with Gasteiger partial charge in [0.1, 0.15) is 5.82 Å². The van der Waals surface area contributed by atoms with Gasteiger partial charge in [0, 0.05) is 35.1 Å². The normalized spacial score (nSPS) is 17.5. The van der Waals surface area contributed by atoms with E-state index in [1.807, 2.05) is 20.8 Å². The van der Waals surface area contributed by atoms with Gasteiger partial charge < -0.3 is 5.32 Å². The molecule has 0 atom stereocenters. The van der Waals surface area contributed by atoms with E-state index in [0.29, 0.717) is 12.8 Å². The Kier molecular flexibility index (Phi) is 6.12. The van der Waals surface area contributed by atoms with Gasteiger partial charge in [-0.2, -0.15) is 0 Å². The van der Waals surface area contributed by atoms with Crippen LogP contribution in [0.15, 0.2) is 18.2 Å². The van der Waals surface area contributed by atoms with Gasteiger partial charge in [0.05, 0.1) is 5.75 Å². The van der Waals surface area contributed by atoms with Crippen molar-refractivity contribution >= 4 is 27.5 Å². The number of carbonyl (C=O) groups excluding carboxylic acids is 1. The molecule has 140 valence electrons. The monoisotopic (exact) mass is 390 g/mol. The maximum atomic E-state index is 13.9. The van der Waals surface area contributed by atoms with E-state index in [4.69, 9.17) is 11.6 Å². The van der Waals surface area contributed by atoms with Gasteiger partial charge in [0.2, 0.25) is 15.9 Å². The first-order chi connectivity index (χ1) is 11.5.